The Morgan fingerprint density at radius 1 is 1.09 bits per heavy atom. The van der Waals surface area contributed by atoms with Crippen molar-refractivity contribution in [2.45, 2.75) is 39.7 Å². The van der Waals surface area contributed by atoms with Gasteiger partial charge in [0.05, 0.1) is 12.2 Å². The Balaban J connectivity index is 1.50. The number of carbonyl (C=O) groups is 3. The van der Waals surface area contributed by atoms with Crippen LogP contribution in [0, 0.1) is 17.7 Å². The Kier molecular flexibility index (Phi) is 9.01. The lowest BCUT2D eigenvalue weighted by molar-refractivity contribution is -0.123. The molecule has 0 spiro atoms. The van der Waals surface area contributed by atoms with E-state index < -0.39 is 5.97 Å². The van der Waals surface area contributed by atoms with E-state index in [0.29, 0.717) is 37.3 Å². The highest BCUT2D eigenvalue weighted by atomic mass is 19.1. The molecule has 1 aliphatic rings. The highest BCUT2D eigenvalue weighted by Crippen LogP contribution is 2.29. The molecule has 2 unspecified atom stereocenters. The molecule has 2 atom stereocenters. The largest absolute Gasteiger partial charge is 0.462 e. The maximum absolute atomic E-state index is 13.0. The third-order valence-electron chi connectivity index (χ3n) is 6.18. The number of anilines is 1. The number of nitrogens with one attached hydrogen (secondary N) is 2. The second kappa shape index (κ2) is 12.2. The van der Waals surface area contributed by atoms with Gasteiger partial charge in [-0.1, -0.05) is 31.5 Å². The molecule has 7 nitrogen and oxygen atoms in total. The fraction of sp³-hybridized carbons (Fsp3) is 0.423. The van der Waals surface area contributed by atoms with Crippen molar-refractivity contribution in [1.29, 1.82) is 0 Å². The van der Waals surface area contributed by atoms with Crippen molar-refractivity contribution in [3.05, 3.63) is 65.5 Å². The summed E-state index contributed by atoms with van der Waals surface area (Å²) in [6, 6.07) is 12.5. The fourth-order valence-electron chi connectivity index (χ4n) is 4.25. The molecule has 1 heterocycles. The molecule has 182 valence electrons. The number of hydrogen-bond acceptors (Lipinski definition) is 4. The summed E-state index contributed by atoms with van der Waals surface area (Å²) in [5.41, 5.74) is 1.77. The molecule has 1 aliphatic heterocycles. The molecule has 3 amide bonds. The third kappa shape index (κ3) is 7.04. The topological polar surface area (TPSA) is 87.7 Å². The predicted octanol–water partition coefficient (Wildman–Crippen LogP) is 4.59. The molecule has 3 rings (SSSR count). The van der Waals surface area contributed by atoms with Crippen molar-refractivity contribution >= 4 is 23.6 Å². The van der Waals surface area contributed by atoms with Gasteiger partial charge in [0.15, 0.2) is 0 Å². The lowest BCUT2D eigenvalue weighted by Crippen LogP contribution is -2.46. The normalized spacial score (nSPS) is 17.7. The molecule has 2 N–H and O–H groups in total. The van der Waals surface area contributed by atoms with Crippen molar-refractivity contribution < 1.29 is 23.5 Å². The molecule has 0 aromatic heterocycles. The molecule has 0 saturated carbocycles. The van der Waals surface area contributed by atoms with E-state index in [1.165, 1.54) is 12.1 Å². The first-order valence-corrected chi connectivity index (χ1v) is 11.7. The van der Waals surface area contributed by atoms with Crippen molar-refractivity contribution in [2.24, 2.45) is 11.8 Å². The molecule has 0 aliphatic carbocycles. The number of urea groups is 1. The summed E-state index contributed by atoms with van der Waals surface area (Å²) in [7, 11) is 0. The van der Waals surface area contributed by atoms with Gasteiger partial charge in [0.25, 0.3) is 0 Å². The van der Waals surface area contributed by atoms with Crippen LogP contribution < -0.4 is 10.6 Å². The van der Waals surface area contributed by atoms with Gasteiger partial charge in [-0.2, -0.15) is 0 Å². The minimum atomic E-state index is -0.428. The van der Waals surface area contributed by atoms with Crippen molar-refractivity contribution in [1.82, 2.24) is 10.2 Å². The lowest BCUT2D eigenvalue weighted by atomic mass is 9.81. The summed E-state index contributed by atoms with van der Waals surface area (Å²) in [5, 5.41) is 5.77. The number of carbonyl (C=O) groups excluding carboxylic acids is 3. The second-order valence-electron chi connectivity index (χ2n) is 8.50. The van der Waals surface area contributed by atoms with Crippen LogP contribution >= 0.6 is 0 Å². The molecule has 34 heavy (non-hydrogen) atoms. The minimum Gasteiger partial charge on any atom is -0.462 e. The zero-order valence-corrected chi connectivity index (χ0v) is 19.7. The number of rotatable bonds is 8. The molecular formula is C26H32FN3O4. The van der Waals surface area contributed by atoms with Gasteiger partial charge in [0.1, 0.15) is 5.82 Å². The molecule has 1 saturated heterocycles. The predicted molar refractivity (Wildman–Crippen MR) is 128 cm³/mol. The van der Waals surface area contributed by atoms with Gasteiger partial charge in [0.2, 0.25) is 5.91 Å². The van der Waals surface area contributed by atoms with E-state index in [4.69, 9.17) is 4.74 Å². The standard InChI is InChI=1S/C26H32FN3O4/c1-3-19-17-30(26(33)29-23-7-5-6-21(14-23)25(32)34-4-2)13-12-20(19)15-24(31)28-16-18-8-10-22(27)11-9-18/h5-11,14,19-20H,3-4,12-13,15-17H2,1-2H3,(H,28,31)(H,29,33). The summed E-state index contributed by atoms with van der Waals surface area (Å²) in [6.45, 7) is 5.57. The summed E-state index contributed by atoms with van der Waals surface area (Å²) < 4.78 is 18.0. The van der Waals surface area contributed by atoms with Gasteiger partial charge >= 0.3 is 12.0 Å². The number of esters is 1. The number of benzene rings is 2. The van der Waals surface area contributed by atoms with E-state index in [9.17, 15) is 18.8 Å². The van der Waals surface area contributed by atoms with Gasteiger partial charge in [-0.05, 0) is 61.1 Å². The summed E-state index contributed by atoms with van der Waals surface area (Å²) >= 11 is 0. The van der Waals surface area contributed by atoms with Gasteiger partial charge in [-0.15, -0.1) is 0 Å². The average molecular weight is 470 g/mol. The Morgan fingerprint density at radius 3 is 2.56 bits per heavy atom. The number of amides is 3. The van der Waals surface area contributed by atoms with Gasteiger partial charge < -0.3 is 20.3 Å². The van der Waals surface area contributed by atoms with Gasteiger partial charge in [-0.3, -0.25) is 4.79 Å². The number of nitrogens with zero attached hydrogens (tertiary/aromatic N) is 1. The van der Waals surface area contributed by atoms with E-state index >= 15 is 0 Å². The van der Waals surface area contributed by atoms with Crippen LogP contribution in [-0.2, 0) is 16.1 Å². The number of halogens is 1. The second-order valence-corrected chi connectivity index (χ2v) is 8.50. The first kappa shape index (κ1) is 25.2. The first-order chi connectivity index (χ1) is 16.4. The van der Waals surface area contributed by atoms with Crippen LogP contribution in [0.2, 0.25) is 0 Å². The number of likely N-dealkylation sites (tertiary alicyclic amines) is 1. The lowest BCUT2D eigenvalue weighted by Gasteiger charge is -2.38. The highest BCUT2D eigenvalue weighted by Gasteiger charge is 2.31. The van der Waals surface area contributed by atoms with Crippen LogP contribution in [0.1, 0.15) is 49.0 Å². The quantitative estimate of drug-likeness (QED) is 0.554. The fourth-order valence-corrected chi connectivity index (χ4v) is 4.25. The van der Waals surface area contributed by atoms with Crippen molar-refractivity contribution in [3.8, 4) is 0 Å². The Morgan fingerprint density at radius 2 is 1.85 bits per heavy atom. The van der Waals surface area contributed by atoms with Crippen LogP contribution in [-0.4, -0.2) is 42.5 Å². The van der Waals surface area contributed by atoms with E-state index in [-0.39, 0.29) is 36.2 Å². The average Bonchev–Trinajstić information content (AvgIpc) is 2.84. The van der Waals surface area contributed by atoms with E-state index in [2.05, 4.69) is 17.6 Å². The smallest absolute Gasteiger partial charge is 0.338 e. The molecule has 2 aromatic rings. The van der Waals surface area contributed by atoms with Crippen molar-refractivity contribution in [3.63, 3.8) is 0 Å². The Hall–Kier alpha value is -3.42. The van der Waals surface area contributed by atoms with Crippen LogP contribution in [0.25, 0.3) is 0 Å². The van der Waals surface area contributed by atoms with Crippen LogP contribution in [0.5, 0.6) is 0 Å². The zero-order valence-electron chi connectivity index (χ0n) is 19.7. The SMILES string of the molecule is CCOC(=O)c1cccc(NC(=O)N2CCC(CC(=O)NCc3ccc(F)cc3)C(CC)C2)c1. The molecular weight excluding hydrogens is 437 g/mol. The van der Waals surface area contributed by atoms with Crippen molar-refractivity contribution in [2.75, 3.05) is 25.0 Å². The van der Waals surface area contributed by atoms with Crippen LogP contribution in [0.4, 0.5) is 14.9 Å². The van der Waals surface area contributed by atoms with E-state index in [1.807, 2.05) is 0 Å². The molecule has 0 radical (unpaired) electrons. The number of ether oxygens (including phenoxy) is 1. The summed E-state index contributed by atoms with van der Waals surface area (Å²) in [6.07, 6.45) is 1.99. The Labute approximate surface area is 199 Å². The highest BCUT2D eigenvalue weighted by molar-refractivity contribution is 5.94. The molecule has 8 heteroatoms. The van der Waals surface area contributed by atoms with E-state index in [0.717, 1.165) is 18.4 Å². The third-order valence-corrected chi connectivity index (χ3v) is 6.18. The Bertz CT molecular complexity index is 996. The first-order valence-electron chi connectivity index (χ1n) is 11.7. The summed E-state index contributed by atoms with van der Waals surface area (Å²) in [5.74, 6) is -0.371. The zero-order chi connectivity index (χ0) is 24.5. The number of hydrogen-bond donors (Lipinski definition) is 2. The van der Waals surface area contributed by atoms with Crippen LogP contribution in [0.15, 0.2) is 48.5 Å². The van der Waals surface area contributed by atoms with E-state index in [1.54, 1.807) is 48.2 Å². The van der Waals surface area contributed by atoms with Gasteiger partial charge in [0, 0.05) is 31.7 Å². The van der Waals surface area contributed by atoms with Gasteiger partial charge in [-0.25, -0.2) is 14.0 Å². The number of piperidine rings is 1. The van der Waals surface area contributed by atoms with Crippen LogP contribution in [0.3, 0.4) is 0 Å². The maximum Gasteiger partial charge on any atom is 0.338 e. The molecule has 0 bridgehead atoms. The maximum atomic E-state index is 13.0. The minimum absolute atomic E-state index is 0.0403. The summed E-state index contributed by atoms with van der Waals surface area (Å²) in [4.78, 5) is 39.0. The molecule has 2 aromatic carbocycles. The monoisotopic (exact) mass is 469 g/mol. The molecule has 1 fully saturated rings.